The zero-order valence-corrected chi connectivity index (χ0v) is 6.99. The molecule has 0 spiro atoms. The first-order valence-corrected chi connectivity index (χ1v) is 3.88. The maximum atomic E-state index is 10.0. The van der Waals surface area contributed by atoms with Gasteiger partial charge in [-0.15, -0.1) is 0 Å². The highest BCUT2D eigenvalue weighted by Gasteiger charge is 2.00. The van der Waals surface area contributed by atoms with E-state index in [0.717, 1.165) is 18.4 Å². The maximum Gasteiger partial charge on any atom is 0.157 e. The molecule has 1 aromatic heterocycles. The van der Waals surface area contributed by atoms with Crippen molar-refractivity contribution in [1.82, 2.24) is 4.98 Å². The molecule has 1 aromatic rings. The van der Waals surface area contributed by atoms with Gasteiger partial charge in [0, 0.05) is 6.20 Å². The van der Waals surface area contributed by atoms with Crippen LogP contribution in [0, 0.1) is 0 Å². The Morgan fingerprint density at radius 3 is 3.17 bits per heavy atom. The summed E-state index contributed by atoms with van der Waals surface area (Å²) in [5.41, 5.74) is 0.888. The molecule has 0 aliphatic carbocycles. The molecule has 0 aliphatic rings. The lowest BCUT2D eigenvalue weighted by molar-refractivity contribution is -0.109. The lowest BCUT2D eigenvalue weighted by Gasteiger charge is -2.05. The highest BCUT2D eigenvalue weighted by atomic mass is 16.5. The Kier molecular flexibility index (Phi) is 3.26. The molecule has 0 bridgehead atoms. The van der Waals surface area contributed by atoms with Crippen molar-refractivity contribution in [2.45, 2.75) is 13.3 Å². The van der Waals surface area contributed by atoms with Gasteiger partial charge in [0.25, 0.3) is 0 Å². The number of hydrogen-bond donors (Lipinski definition) is 0. The number of hydrogen-bond acceptors (Lipinski definition) is 3. The van der Waals surface area contributed by atoms with Crippen molar-refractivity contribution in [3.8, 4) is 5.75 Å². The van der Waals surface area contributed by atoms with Crippen molar-refractivity contribution < 1.29 is 9.53 Å². The molecule has 0 N–H and O–H groups in total. The van der Waals surface area contributed by atoms with E-state index in [1.54, 1.807) is 12.3 Å². The SMILES string of the molecule is CCc1ncccc1OCC=O. The minimum absolute atomic E-state index is 0.0959. The fraction of sp³-hybridized carbons (Fsp3) is 0.333. The van der Waals surface area contributed by atoms with Gasteiger partial charge >= 0.3 is 0 Å². The van der Waals surface area contributed by atoms with Crippen LogP contribution >= 0.6 is 0 Å². The average molecular weight is 165 g/mol. The van der Waals surface area contributed by atoms with Crippen LogP contribution in [0.15, 0.2) is 18.3 Å². The van der Waals surface area contributed by atoms with Gasteiger partial charge in [-0.3, -0.25) is 9.78 Å². The molecule has 0 atom stereocenters. The van der Waals surface area contributed by atoms with Crippen molar-refractivity contribution in [2.24, 2.45) is 0 Å². The molecule has 0 saturated carbocycles. The van der Waals surface area contributed by atoms with Gasteiger partial charge in [0.1, 0.15) is 12.4 Å². The Hall–Kier alpha value is -1.38. The number of nitrogens with zero attached hydrogens (tertiary/aromatic N) is 1. The number of carbonyl (C=O) groups is 1. The van der Waals surface area contributed by atoms with E-state index >= 15 is 0 Å². The zero-order chi connectivity index (χ0) is 8.81. The Morgan fingerprint density at radius 1 is 1.67 bits per heavy atom. The molecule has 0 fully saturated rings. The van der Waals surface area contributed by atoms with Crippen LogP contribution in [0.2, 0.25) is 0 Å². The molecule has 0 aliphatic heterocycles. The number of ether oxygens (including phenoxy) is 1. The molecule has 1 heterocycles. The quantitative estimate of drug-likeness (QED) is 0.630. The second kappa shape index (κ2) is 4.49. The first-order valence-electron chi connectivity index (χ1n) is 3.88. The Labute approximate surface area is 71.4 Å². The van der Waals surface area contributed by atoms with E-state index < -0.39 is 0 Å². The number of rotatable bonds is 4. The summed E-state index contributed by atoms with van der Waals surface area (Å²) in [7, 11) is 0. The molecule has 3 heteroatoms. The Balaban J connectivity index is 2.74. The third-order valence-electron chi connectivity index (χ3n) is 1.49. The normalized spacial score (nSPS) is 9.42. The Bertz CT molecular complexity index is 260. The second-order valence-electron chi connectivity index (χ2n) is 2.28. The van der Waals surface area contributed by atoms with Gasteiger partial charge in [-0.05, 0) is 18.6 Å². The van der Waals surface area contributed by atoms with Crippen molar-refractivity contribution in [2.75, 3.05) is 6.61 Å². The van der Waals surface area contributed by atoms with Crippen molar-refractivity contribution in [1.29, 1.82) is 0 Å². The van der Waals surface area contributed by atoms with Crippen LogP contribution in [-0.4, -0.2) is 17.9 Å². The summed E-state index contributed by atoms with van der Waals surface area (Å²) in [4.78, 5) is 14.1. The topological polar surface area (TPSA) is 39.2 Å². The molecular weight excluding hydrogens is 154 g/mol. The molecule has 0 amide bonds. The summed E-state index contributed by atoms with van der Waals surface area (Å²) in [5.74, 6) is 0.701. The third-order valence-corrected chi connectivity index (χ3v) is 1.49. The lowest BCUT2D eigenvalue weighted by Crippen LogP contribution is -2.01. The van der Waals surface area contributed by atoms with Crippen LogP contribution < -0.4 is 4.74 Å². The van der Waals surface area contributed by atoms with Crippen molar-refractivity contribution in [3.05, 3.63) is 24.0 Å². The summed E-state index contributed by atoms with van der Waals surface area (Å²) >= 11 is 0. The van der Waals surface area contributed by atoms with Gasteiger partial charge in [0.05, 0.1) is 5.69 Å². The number of aryl methyl sites for hydroxylation is 1. The number of aldehydes is 1. The van der Waals surface area contributed by atoms with Crippen LogP contribution in [0.25, 0.3) is 0 Å². The average Bonchev–Trinajstić information content (AvgIpc) is 2.15. The molecule has 0 saturated heterocycles. The van der Waals surface area contributed by atoms with E-state index in [-0.39, 0.29) is 6.61 Å². The largest absolute Gasteiger partial charge is 0.484 e. The summed E-state index contributed by atoms with van der Waals surface area (Å²) in [6.45, 7) is 2.09. The first kappa shape index (κ1) is 8.71. The minimum atomic E-state index is 0.0959. The van der Waals surface area contributed by atoms with Gasteiger partial charge < -0.3 is 4.74 Å². The Morgan fingerprint density at radius 2 is 2.50 bits per heavy atom. The predicted octanol–water partition coefficient (Wildman–Crippen LogP) is 1.22. The molecule has 0 unspecified atom stereocenters. The molecule has 0 radical (unpaired) electrons. The van der Waals surface area contributed by atoms with Crippen molar-refractivity contribution in [3.63, 3.8) is 0 Å². The van der Waals surface area contributed by atoms with Crippen LogP contribution in [-0.2, 0) is 11.2 Å². The first-order chi connectivity index (χ1) is 5.88. The highest BCUT2D eigenvalue weighted by Crippen LogP contribution is 2.14. The van der Waals surface area contributed by atoms with Gasteiger partial charge in [-0.2, -0.15) is 0 Å². The molecule has 64 valence electrons. The molecule has 0 aromatic carbocycles. The van der Waals surface area contributed by atoms with E-state index in [1.165, 1.54) is 0 Å². The molecule has 3 nitrogen and oxygen atoms in total. The number of aromatic nitrogens is 1. The van der Waals surface area contributed by atoms with Gasteiger partial charge in [-0.1, -0.05) is 6.92 Å². The zero-order valence-electron chi connectivity index (χ0n) is 6.99. The standard InChI is InChI=1S/C9H11NO2/c1-2-8-9(12-7-6-11)4-3-5-10-8/h3-6H,2,7H2,1H3. The monoisotopic (exact) mass is 165 g/mol. The summed E-state index contributed by atoms with van der Waals surface area (Å²) in [6, 6.07) is 3.61. The van der Waals surface area contributed by atoms with E-state index in [1.807, 2.05) is 13.0 Å². The summed E-state index contributed by atoms with van der Waals surface area (Å²) in [6.07, 6.45) is 3.26. The lowest BCUT2D eigenvalue weighted by atomic mass is 10.3. The van der Waals surface area contributed by atoms with Crippen LogP contribution in [0.3, 0.4) is 0 Å². The third kappa shape index (κ3) is 2.05. The predicted molar refractivity (Wildman–Crippen MR) is 45.2 cm³/mol. The fourth-order valence-electron chi connectivity index (χ4n) is 0.944. The van der Waals surface area contributed by atoms with Gasteiger partial charge in [-0.25, -0.2) is 0 Å². The van der Waals surface area contributed by atoms with Crippen LogP contribution in [0.4, 0.5) is 0 Å². The second-order valence-corrected chi connectivity index (χ2v) is 2.28. The van der Waals surface area contributed by atoms with Gasteiger partial charge in [0.15, 0.2) is 6.29 Å². The summed E-state index contributed by atoms with van der Waals surface area (Å²) in [5, 5.41) is 0. The minimum Gasteiger partial charge on any atom is -0.484 e. The van der Waals surface area contributed by atoms with E-state index in [9.17, 15) is 4.79 Å². The number of pyridine rings is 1. The highest BCUT2D eigenvalue weighted by molar-refractivity contribution is 5.51. The molecular formula is C9H11NO2. The fourth-order valence-corrected chi connectivity index (χ4v) is 0.944. The molecule has 12 heavy (non-hydrogen) atoms. The smallest absolute Gasteiger partial charge is 0.157 e. The van der Waals surface area contributed by atoms with Crippen molar-refractivity contribution >= 4 is 6.29 Å². The summed E-state index contributed by atoms with van der Waals surface area (Å²) < 4.78 is 5.15. The van der Waals surface area contributed by atoms with Gasteiger partial charge in [0.2, 0.25) is 0 Å². The van der Waals surface area contributed by atoms with E-state index in [0.29, 0.717) is 5.75 Å². The van der Waals surface area contributed by atoms with Crippen LogP contribution in [0.1, 0.15) is 12.6 Å². The number of carbonyl (C=O) groups excluding carboxylic acids is 1. The van der Waals surface area contributed by atoms with E-state index in [2.05, 4.69) is 4.98 Å². The molecule has 1 rings (SSSR count). The van der Waals surface area contributed by atoms with E-state index in [4.69, 9.17) is 4.74 Å². The maximum absolute atomic E-state index is 10.0. The van der Waals surface area contributed by atoms with Crippen LogP contribution in [0.5, 0.6) is 5.75 Å².